The number of aryl methyl sites for hydroxylation is 1. The van der Waals surface area contributed by atoms with Crippen molar-refractivity contribution in [1.29, 1.82) is 0 Å². The van der Waals surface area contributed by atoms with Gasteiger partial charge in [-0.1, -0.05) is 43.7 Å². The Morgan fingerprint density at radius 3 is 2.61 bits per heavy atom. The Balaban J connectivity index is 1.46. The summed E-state index contributed by atoms with van der Waals surface area (Å²) in [5.41, 5.74) is 3.35. The highest BCUT2D eigenvalue weighted by molar-refractivity contribution is 7.89. The summed E-state index contributed by atoms with van der Waals surface area (Å²) < 4.78 is 29.5. The first-order chi connectivity index (χ1) is 18.4. The van der Waals surface area contributed by atoms with Gasteiger partial charge in [-0.2, -0.15) is 4.31 Å². The number of sulfonamides is 1. The molecular weight excluding hydrogens is 516 g/mol. The van der Waals surface area contributed by atoms with Crippen LogP contribution >= 0.6 is 11.3 Å². The summed E-state index contributed by atoms with van der Waals surface area (Å²) in [6.07, 6.45) is 7.96. The number of rotatable bonds is 8. The van der Waals surface area contributed by atoms with Crippen molar-refractivity contribution in [1.82, 2.24) is 14.3 Å². The maximum Gasteiger partial charge on any atom is 0.260 e. The van der Waals surface area contributed by atoms with E-state index in [1.807, 2.05) is 25.1 Å². The molecule has 2 aromatic carbocycles. The molecule has 0 N–H and O–H groups in total. The molecule has 3 heterocycles. The second-order valence-corrected chi connectivity index (χ2v) is 12.5. The van der Waals surface area contributed by atoms with Crippen LogP contribution in [0, 0.1) is 0 Å². The molecule has 2 aromatic heterocycles. The number of benzene rings is 2. The van der Waals surface area contributed by atoms with E-state index in [1.165, 1.54) is 16.9 Å². The molecule has 7 nitrogen and oxygen atoms in total. The van der Waals surface area contributed by atoms with Crippen molar-refractivity contribution >= 4 is 42.6 Å². The van der Waals surface area contributed by atoms with E-state index >= 15 is 0 Å². The van der Waals surface area contributed by atoms with Crippen LogP contribution in [0.15, 0.2) is 71.9 Å². The van der Waals surface area contributed by atoms with Gasteiger partial charge in [0.15, 0.2) is 5.13 Å². The number of hydrogen-bond acceptors (Lipinski definition) is 6. The number of aromatic nitrogens is 2. The third kappa shape index (κ3) is 5.36. The smallest absolute Gasteiger partial charge is 0.260 e. The molecule has 5 rings (SSSR count). The van der Waals surface area contributed by atoms with Gasteiger partial charge in [0.05, 0.1) is 21.7 Å². The Morgan fingerprint density at radius 1 is 1.08 bits per heavy atom. The molecule has 0 saturated carbocycles. The Labute approximate surface area is 228 Å². The molecule has 1 unspecified atom stereocenters. The predicted octanol–water partition coefficient (Wildman–Crippen LogP) is 6.05. The minimum atomic E-state index is -3.62. The summed E-state index contributed by atoms with van der Waals surface area (Å²) in [5, 5.41) is 0.595. The Bertz CT molecular complexity index is 1520. The lowest BCUT2D eigenvalue weighted by Gasteiger charge is -2.34. The number of anilines is 1. The summed E-state index contributed by atoms with van der Waals surface area (Å²) in [5.74, 6) is -0.239. The van der Waals surface area contributed by atoms with Gasteiger partial charge in [-0.15, -0.1) is 0 Å². The molecule has 1 aliphatic rings. The van der Waals surface area contributed by atoms with Crippen LogP contribution in [0.5, 0.6) is 0 Å². The van der Waals surface area contributed by atoms with Gasteiger partial charge in [-0.05, 0) is 79.3 Å². The lowest BCUT2D eigenvalue weighted by molar-refractivity contribution is 0.0985. The molecule has 1 fully saturated rings. The SMILES string of the molecule is CCc1ccc2nc(N(Cc3cccnc3)C(=O)c3ccc(S(=O)(=O)N4CCCCC4CC)cc3)sc2c1. The standard InChI is InChI=1S/C29H32N4O3S2/c1-3-21-10-15-26-27(18-21)37-29(31-26)32(20-22-8-7-16-30-19-22)28(34)23-11-13-25(14-12-23)38(35,36)33-17-6-5-9-24(33)4-2/h7-8,10-16,18-19,24H,3-6,9,17,20H2,1-2H3. The van der Waals surface area contributed by atoms with E-state index in [0.29, 0.717) is 23.8 Å². The Hall–Kier alpha value is -3.14. The molecule has 9 heteroatoms. The van der Waals surface area contributed by atoms with E-state index in [9.17, 15) is 13.2 Å². The van der Waals surface area contributed by atoms with Gasteiger partial charge in [0.2, 0.25) is 10.0 Å². The zero-order valence-electron chi connectivity index (χ0n) is 21.7. The van der Waals surface area contributed by atoms with Gasteiger partial charge in [-0.25, -0.2) is 13.4 Å². The van der Waals surface area contributed by atoms with E-state index in [1.54, 1.807) is 45.9 Å². The summed E-state index contributed by atoms with van der Waals surface area (Å²) >= 11 is 1.48. The third-order valence-corrected chi connectivity index (χ3v) is 10.1. The number of nitrogens with zero attached hydrogens (tertiary/aromatic N) is 4. The molecule has 0 spiro atoms. The molecule has 1 aliphatic heterocycles. The van der Waals surface area contributed by atoms with Crippen molar-refractivity contribution in [2.45, 2.75) is 63.4 Å². The summed E-state index contributed by atoms with van der Waals surface area (Å²) in [6, 6.07) is 16.3. The molecule has 1 amide bonds. The largest absolute Gasteiger partial charge is 0.279 e. The number of carbonyl (C=O) groups is 1. The molecule has 38 heavy (non-hydrogen) atoms. The number of carbonyl (C=O) groups excluding carboxylic acids is 1. The van der Waals surface area contributed by atoms with Crippen LogP contribution in [-0.4, -0.2) is 41.2 Å². The normalized spacial score (nSPS) is 16.5. The van der Waals surface area contributed by atoms with Crippen molar-refractivity contribution < 1.29 is 13.2 Å². The van der Waals surface area contributed by atoms with Crippen molar-refractivity contribution in [3.8, 4) is 0 Å². The van der Waals surface area contributed by atoms with Crippen LogP contribution in [0.4, 0.5) is 5.13 Å². The van der Waals surface area contributed by atoms with Crippen LogP contribution in [0.25, 0.3) is 10.2 Å². The number of pyridine rings is 1. The average molecular weight is 549 g/mol. The predicted molar refractivity (Wildman–Crippen MR) is 152 cm³/mol. The lowest BCUT2D eigenvalue weighted by atomic mass is 10.0. The van der Waals surface area contributed by atoms with Crippen LogP contribution in [0.1, 0.15) is 61.0 Å². The van der Waals surface area contributed by atoms with Crippen LogP contribution in [0.2, 0.25) is 0 Å². The zero-order valence-corrected chi connectivity index (χ0v) is 23.3. The van der Waals surface area contributed by atoms with Crippen molar-refractivity contribution in [2.75, 3.05) is 11.4 Å². The lowest BCUT2D eigenvalue weighted by Crippen LogP contribution is -2.43. The van der Waals surface area contributed by atoms with Crippen molar-refractivity contribution in [2.24, 2.45) is 0 Å². The maximum atomic E-state index is 13.8. The van der Waals surface area contributed by atoms with Gasteiger partial charge in [0.25, 0.3) is 5.91 Å². The van der Waals surface area contributed by atoms with Gasteiger partial charge in [-0.3, -0.25) is 14.7 Å². The van der Waals surface area contributed by atoms with Gasteiger partial charge in [0.1, 0.15) is 0 Å². The molecule has 0 bridgehead atoms. The molecule has 198 valence electrons. The van der Waals surface area contributed by atoms with Crippen LogP contribution < -0.4 is 4.90 Å². The van der Waals surface area contributed by atoms with Crippen molar-refractivity contribution in [3.63, 3.8) is 0 Å². The average Bonchev–Trinajstić information content (AvgIpc) is 3.39. The molecule has 4 aromatic rings. The third-order valence-electron chi connectivity index (χ3n) is 7.14. The second-order valence-electron chi connectivity index (χ2n) is 9.60. The first-order valence-electron chi connectivity index (χ1n) is 13.1. The first-order valence-corrected chi connectivity index (χ1v) is 15.4. The van der Waals surface area contributed by atoms with E-state index in [0.717, 1.165) is 47.9 Å². The number of hydrogen-bond donors (Lipinski definition) is 0. The fourth-order valence-corrected chi connectivity index (χ4v) is 7.75. The van der Waals surface area contributed by atoms with Crippen LogP contribution in [0.3, 0.4) is 0 Å². The maximum absolute atomic E-state index is 13.8. The molecule has 1 atom stereocenters. The molecule has 0 radical (unpaired) electrons. The summed E-state index contributed by atoms with van der Waals surface area (Å²) in [7, 11) is -3.62. The Morgan fingerprint density at radius 2 is 1.89 bits per heavy atom. The van der Waals surface area contributed by atoms with Crippen molar-refractivity contribution in [3.05, 3.63) is 83.7 Å². The van der Waals surface area contributed by atoms with Gasteiger partial charge >= 0.3 is 0 Å². The summed E-state index contributed by atoms with van der Waals surface area (Å²) in [4.78, 5) is 24.7. The minimum Gasteiger partial charge on any atom is -0.279 e. The highest BCUT2D eigenvalue weighted by Gasteiger charge is 2.32. The number of thiazole rings is 1. The highest BCUT2D eigenvalue weighted by Crippen LogP contribution is 2.32. The van der Waals surface area contributed by atoms with Gasteiger partial charge in [0, 0.05) is 30.5 Å². The van der Waals surface area contributed by atoms with Crippen LogP contribution in [-0.2, 0) is 23.0 Å². The quantitative estimate of drug-likeness (QED) is 0.268. The first kappa shape index (κ1) is 26.5. The second kappa shape index (κ2) is 11.3. The number of fused-ring (bicyclic) bond motifs is 1. The number of amides is 1. The molecule has 1 saturated heterocycles. The molecule has 0 aliphatic carbocycles. The van der Waals surface area contributed by atoms with E-state index in [2.05, 4.69) is 24.0 Å². The Kier molecular flexibility index (Phi) is 7.88. The summed E-state index contributed by atoms with van der Waals surface area (Å²) in [6.45, 7) is 4.98. The zero-order chi connectivity index (χ0) is 26.7. The minimum absolute atomic E-state index is 0.0253. The topological polar surface area (TPSA) is 83.5 Å². The monoisotopic (exact) mass is 548 g/mol. The van der Waals surface area contributed by atoms with E-state index in [-0.39, 0.29) is 16.8 Å². The number of piperidine rings is 1. The van der Waals surface area contributed by atoms with Gasteiger partial charge < -0.3 is 0 Å². The fraction of sp³-hybridized carbons (Fsp3) is 0.345. The fourth-order valence-electron chi connectivity index (χ4n) is 4.95. The van der Waals surface area contributed by atoms with E-state index < -0.39 is 10.0 Å². The molecular formula is C29H32N4O3S2. The highest BCUT2D eigenvalue weighted by atomic mass is 32.2. The van der Waals surface area contributed by atoms with E-state index in [4.69, 9.17) is 4.98 Å².